The Bertz CT molecular complexity index is 1520. The van der Waals surface area contributed by atoms with Gasteiger partial charge in [-0.2, -0.15) is 0 Å². The van der Waals surface area contributed by atoms with Gasteiger partial charge in [-0.25, -0.2) is 12.8 Å². The molecule has 1 atom stereocenters. The van der Waals surface area contributed by atoms with Gasteiger partial charge in [0.25, 0.3) is 10.0 Å². The number of hydrogen-bond acceptors (Lipinski definition) is 4. The molecular formula is C33H39ClFN3O4S. The zero-order valence-electron chi connectivity index (χ0n) is 24.9. The van der Waals surface area contributed by atoms with Crippen LogP contribution < -0.4 is 9.62 Å². The van der Waals surface area contributed by atoms with Crippen LogP contribution in [0.5, 0.6) is 0 Å². The molecule has 1 saturated carbocycles. The van der Waals surface area contributed by atoms with Gasteiger partial charge in [0.1, 0.15) is 18.4 Å². The van der Waals surface area contributed by atoms with Gasteiger partial charge in [-0.15, -0.1) is 0 Å². The van der Waals surface area contributed by atoms with E-state index in [-0.39, 0.29) is 23.4 Å². The molecule has 0 aromatic heterocycles. The highest BCUT2D eigenvalue weighted by molar-refractivity contribution is 7.92. The number of benzene rings is 3. The molecule has 1 aliphatic carbocycles. The normalized spacial score (nSPS) is 14.6. The average Bonchev–Trinajstić information content (AvgIpc) is 2.99. The lowest BCUT2D eigenvalue weighted by atomic mass is 9.95. The van der Waals surface area contributed by atoms with Crippen LogP contribution >= 0.6 is 11.6 Å². The van der Waals surface area contributed by atoms with E-state index in [1.807, 2.05) is 26.8 Å². The van der Waals surface area contributed by atoms with Crippen molar-refractivity contribution in [3.8, 4) is 0 Å². The maximum absolute atomic E-state index is 14.2. The van der Waals surface area contributed by atoms with Gasteiger partial charge in [-0.05, 0) is 98.3 Å². The van der Waals surface area contributed by atoms with Crippen molar-refractivity contribution < 1.29 is 22.4 Å². The molecule has 0 aliphatic heterocycles. The number of anilines is 1. The van der Waals surface area contributed by atoms with Crippen LogP contribution in [0, 0.1) is 19.7 Å². The summed E-state index contributed by atoms with van der Waals surface area (Å²) in [5, 5.41) is 3.51. The molecule has 0 radical (unpaired) electrons. The highest BCUT2D eigenvalue weighted by Crippen LogP contribution is 2.28. The maximum Gasteiger partial charge on any atom is 0.264 e. The van der Waals surface area contributed by atoms with E-state index in [1.165, 1.54) is 41.3 Å². The maximum atomic E-state index is 14.2. The SMILES string of the molecule is CC[C@H](C(=O)NC1CCCCC1)N(Cc1ccc(F)cc1)C(=O)CN(c1ccc(C)c(C)c1)S(=O)(=O)c1ccc(Cl)cc1. The van der Waals surface area contributed by atoms with Gasteiger partial charge in [0.2, 0.25) is 11.8 Å². The molecule has 2 amide bonds. The summed E-state index contributed by atoms with van der Waals surface area (Å²) in [6.07, 6.45) is 5.29. The van der Waals surface area contributed by atoms with Crippen LogP contribution in [0.1, 0.15) is 62.1 Å². The number of carbonyl (C=O) groups excluding carboxylic acids is 2. The molecule has 0 spiro atoms. The number of nitrogens with one attached hydrogen (secondary N) is 1. The van der Waals surface area contributed by atoms with Crippen LogP contribution in [0.15, 0.2) is 71.6 Å². The van der Waals surface area contributed by atoms with Crippen LogP contribution in [0.25, 0.3) is 0 Å². The second kappa shape index (κ2) is 14.4. The smallest absolute Gasteiger partial charge is 0.264 e. The summed E-state index contributed by atoms with van der Waals surface area (Å²) >= 11 is 6.03. The molecule has 0 saturated heterocycles. The molecule has 7 nitrogen and oxygen atoms in total. The average molecular weight is 628 g/mol. The Morgan fingerprint density at radius 3 is 2.21 bits per heavy atom. The molecule has 230 valence electrons. The summed E-state index contributed by atoms with van der Waals surface area (Å²) in [5.41, 5.74) is 2.79. The molecular weight excluding hydrogens is 589 g/mol. The van der Waals surface area contributed by atoms with Gasteiger partial charge in [0.05, 0.1) is 10.6 Å². The fourth-order valence-corrected chi connectivity index (χ4v) is 6.93. The van der Waals surface area contributed by atoms with E-state index >= 15 is 0 Å². The van der Waals surface area contributed by atoms with Crippen molar-refractivity contribution in [2.24, 2.45) is 0 Å². The Hall–Kier alpha value is -3.43. The first-order chi connectivity index (χ1) is 20.5. The topological polar surface area (TPSA) is 86.8 Å². The lowest BCUT2D eigenvalue weighted by Crippen LogP contribution is -2.54. The molecule has 1 fully saturated rings. The number of carbonyl (C=O) groups is 2. The largest absolute Gasteiger partial charge is 0.352 e. The predicted molar refractivity (Wildman–Crippen MR) is 168 cm³/mol. The predicted octanol–water partition coefficient (Wildman–Crippen LogP) is 6.55. The molecule has 1 N–H and O–H groups in total. The van der Waals surface area contributed by atoms with Crippen LogP contribution in [0.2, 0.25) is 5.02 Å². The highest BCUT2D eigenvalue weighted by atomic mass is 35.5. The third kappa shape index (κ3) is 8.15. The molecule has 0 bridgehead atoms. The zero-order valence-corrected chi connectivity index (χ0v) is 26.4. The van der Waals surface area contributed by atoms with Gasteiger partial charge >= 0.3 is 0 Å². The number of rotatable bonds is 11. The second-order valence-corrected chi connectivity index (χ2v) is 13.4. The molecule has 43 heavy (non-hydrogen) atoms. The molecule has 1 aliphatic rings. The van der Waals surface area contributed by atoms with Crippen molar-refractivity contribution >= 4 is 39.1 Å². The van der Waals surface area contributed by atoms with E-state index < -0.39 is 34.3 Å². The van der Waals surface area contributed by atoms with Crippen molar-refractivity contribution in [2.75, 3.05) is 10.8 Å². The minimum atomic E-state index is -4.21. The monoisotopic (exact) mass is 627 g/mol. The summed E-state index contributed by atoms with van der Waals surface area (Å²) in [4.78, 5) is 29.2. The summed E-state index contributed by atoms with van der Waals surface area (Å²) in [7, 11) is -4.21. The third-order valence-electron chi connectivity index (χ3n) is 8.06. The lowest BCUT2D eigenvalue weighted by molar-refractivity contribution is -0.140. The van der Waals surface area contributed by atoms with Crippen molar-refractivity contribution in [1.82, 2.24) is 10.2 Å². The van der Waals surface area contributed by atoms with E-state index in [0.717, 1.165) is 47.5 Å². The summed E-state index contributed by atoms with van der Waals surface area (Å²) in [6, 6.07) is 15.9. The summed E-state index contributed by atoms with van der Waals surface area (Å²) in [6.45, 7) is 5.09. The van der Waals surface area contributed by atoms with Crippen LogP contribution in [-0.2, 0) is 26.2 Å². The molecule has 10 heteroatoms. The van der Waals surface area contributed by atoms with E-state index in [2.05, 4.69) is 5.32 Å². The first kappa shape index (κ1) is 32.5. The lowest BCUT2D eigenvalue weighted by Gasteiger charge is -2.34. The first-order valence-corrected chi connectivity index (χ1v) is 16.5. The molecule has 3 aromatic rings. The fraction of sp³-hybridized carbons (Fsp3) is 0.394. The van der Waals surface area contributed by atoms with Crippen LogP contribution in [-0.4, -0.2) is 43.8 Å². The van der Waals surface area contributed by atoms with Crippen molar-refractivity contribution in [3.05, 3.63) is 94.3 Å². The Labute approximate surface area is 259 Å². The Morgan fingerprint density at radius 1 is 0.953 bits per heavy atom. The van der Waals surface area contributed by atoms with E-state index in [0.29, 0.717) is 22.7 Å². The van der Waals surface area contributed by atoms with Crippen molar-refractivity contribution in [3.63, 3.8) is 0 Å². The fourth-order valence-electron chi connectivity index (χ4n) is 5.39. The number of sulfonamides is 1. The minimum Gasteiger partial charge on any atom is -0.352 e. The number of aryl methyl sites for hydroxylation is 2. The van der Waals surface area contributed by atoms with E-state index in [1.54, 1.807) is 24.3 Å². The number of amides is 2. The Morgan fingerprint density at radius 2 is 1.60 bits per heavy atom. The van der Waals surface area contributed by atoms with Crippen LogP contribution in [0.4, 0.5) is 10.1 Å². The quantitative estimate of drug-likeness (QED) is 0.261. The standard InChI is InChI=1S/C33H39ClFN3O4S/c1-4-31(33(40)36-28-8-6-5-7-9-28)37(21-25-11-15-27(35)16-12-25)32(39)22-38(29-17-10-23(2)24(3)20-29)43(41,42)30-18-13-26(34)14-19-30/h10-20,28,31H,4-9,21-22H2,1-3H3,(H,36,40)/t31-/m1/s1. The van der Waals surface area contributed by atoms with E-state index in [9.17, 15) is 22.4 Å². The second-order valence-electron chi connectivity index (χ2n) is 11.1. The van der Waals surface area contributed by atoms with Crippen molar-refractivity contribution in [1.29, 1.82) is 0 Å². The first-order valence-electron chi connectivity index (χ1n) is 14.7. The number of halogens is 2. The summed E-state index contributed by atoms with van der Waals surface area (Å²) < 4.78 is 42.8. The number of nitrogens with zero attached hydrogens (tertiary/aromatic N) is 2. The summed E-state index contributed by atoms with van der Waals surface area (Å²) in [5.74, 6) is -1.24. The van der Waals surface area contributed by atoms with Crippen LogP contribution in [0.3, 0.4) is 0 Å². The number of hydrogen-bond donors (Lipinski definition) is 1. The van der Waals surface area contributed by atoms with Gasteiger partial charge < -0.3 is 10.2 Å². The molecule has 0 unspecified atom stereocenters. The molecule has 3 aromatic carbocycles. The van der Waals surface area contributed by atoms with Crippen molar-refractivity contribution in [2.45, 2.75) is 82.8 Å². The van der Waals surface area contributed by atoms with E-state index in [4.69, 9.17) is 11.6 Å². The van der Waals surface area contributed by atoms with Gasteiger partial charge in [0.15, 0.2) is 0 Å². The zero-order chi connectivity index (χ0) is 31.1. The highest BCUT2D eigenvalue weighted by Gasteiger charge is 2.34. The Balaban J connectivity index is 1.72. The third-order valence-corrected chi connectivity index (χ3v) is 10.1. The van der Waals surface area contributed by atoms with Gasteiger partial charge in [-0.3, -0.25) is 13.9 Å². The Kier molecular flexibility index (Phi) is 10.8. The molecule has 4 rings (SSSR count). The minimum absolute atomic E-state index is 0.0114. The van der Waals surface area contributed by atoms with Gasteiger partial charge in [-0.1, -0.05) is 56.0 Å². The van der Waals surface area contributed by atoms with Gasteiger partial charge in [0, 0.05) is 17.6 Å². The molecule has 0 heterocycles.